The third-order valence-corrected chi connectivity index (χ3v) is 6.08. The van der Waals surface area contributed by atoms with Crippen LogP contribution in [0.2, 0.25) is 0 Å². The second kappa shape index (κ2) is 8.13. The van der Waals surface area contributed by atoms with Crippen LogP contribution in [0.1, 0.15) is 0 Å². The van der Waals surface area contributed by atoms with Gasteiger partial charge in [-0.15, -0.1) is 0 Å². The maximum absolute atomic E-state index is 5.03. The molecule has 0 aliphatic heterocycles. The molecule has 0 atom stereocenters. The first kappa shape index (κ1) is 19.2. The second-order valence-electron chi connectivity index (χ2n) is 7.02. The third kappa shape index (κ3) is 3.81. The normalized spacial score (nSPS) is 11.0. The Morgan fingerprint density at radius 2 is 1.30 bits per heavy atom. The summed E-state index contributed by atoms with van der Waals surface area (Å²) in [6.45, 7) is 0. The fourth-order valence-electron chi connectivity index (χ4n) is 3.56. The maximum Gasteiger partial charge on any atom is 0.0894 e. The van der Waals surface area contributed by atoms with Crippen molar-refractivity contribution in [1.29, 1.82) is 0 Å². The van der Waals surface area contributed by atoms with Gasteiger partial charge < -0.3 is 0 Å². The molecule has 30 heavy (non-hydrogen) atoms. The Labute approximate surface area is 191 Å². The van der Waals surface area contributed by atoms with Gasteiger partial charge in [0.1, 0.15) is 0 Å². The van der Waals surface area contributed by atoms with E-state index in [0.717, 1.165) is 42.7 Å². The first-order valence-corrected chi connectivity index (χ1v) is 11.1. The molecule has 4 heteroatoms. The summed E-state index contributed by atoms with van der Waals surface area (Å²) in [6.07, 6.45) is 1.80. The molecule has 0 saturated heterocycles. The summed E-state index contributed by atoms with van der Waals surface area (Å²) >= 11 is 7.09. The van der Waals surface area contributed by atoms with E-state index in [2.05, 4.69) is 91.4 Å². The smallest absolute Gasteiger partial charge is 0.0894 e. The lowest BCUT2D eigenvalue weighted by molar-refractivity contribution is 1.25. The van der Waals surface area contributed by atoms with E-state index in [1.165, 1.54) is 10.8 Å². The van der Waals surface area contributed by atoms with Crippen LogP contribution in [0, 0.1) is 0 Å². The molecule has 5 aromatic rings. The van der Waals surface area contributed by atoms with Gasteiger partial charge in [0, 0.05) is 26.3 Å². The fraction of sp³-hybridized carbons (Fsp3) is 0. The fourth-order valence-corrected chi connectivity index (χ4v) is 4.20. The van der Waals surface area contributed by atoms with Crippen molar-refractivity contribution in [2.45, 2.75) is 0 Å². The van der Waals surface area contributed by atoms with Gasteiger partial charge in [0.25, 0.3) is 0 Å². The molecule has 0 unspecified atom stereocenters. The van der Waals surface area contributed by atoms with E-state index in [-0.39, 0.29) is 0 Å². The molecule has 5 rings (SSSR count). The van der Waals surface area contributed by atoms with E-state index in [4.69, 9.17) is 4.98 Å². The molecule has 2 aromatic heterocycles. The van der Waals surface area contributed by atoms with E-state index in [0.29, 0.717) is 0 Å². The van der Waals surface area contributed by atoms with Crippen LogP contribution in [0.4, 0.5) is 0 Å². The monoisotopic (exact) mass is 514 g/mol. The highest BCUT2D eigenvalue weighted by molar-refractivity contribution is 9.10. The van der Waals surface area contributed by atoms with Crippen LogP contribution in [0.3, 0.4) is 0 Å². The Hall–Kier alpha value is -2.82. The average molecular weight is 516 g/mol. The quantitative estimate of drug-likeness (QED) is 0.242. The van der Waals surface area contributed by atoms with Gasteiger partial charge in [-0.25, -0.2) is 4.98 Å². The van der Waals surface area contributed by atoms with E-state index in [1.807, 2.05) is 36.4 Å². The Bertz CT molecular complexity index is 1350. The van der Waals surface area contributed by atoms with E-state index in [1.54, 1.807) is 6.20 Å². The van der Waals surface area contributed by atoms with Gasteiger partial charge >= 0.3 is 0 Å². The Morgan fingerprint density at radius 3 is 2.10 bits per heavy atom. The first-order chi connectivity index (χ1) is 14.7. The molecule has 0 aliphatic rings. The highest BCUT2D eigenvalue weighted by atomic mass is 79.9. The molecule has 0 saturated carbocycles. The van der Waals surface area contributed by atoms with Crippen LogP contribution in [-0.4, -0.2) is 9.97 Å². The topological polar surface area (TPSA) is 25.8 Å². The zero-order chi connectivity index (χ0) is 20.5. The van der Waals surface area contributed by atoms with Crippen molar-refractivity contribution < 1.29 is 0 Å². The Morgan fingerprint density at radius 1 is 0.567 bits per heavy atom. The van der Waals surface area contributed by atoms with Crippen LogP contribution in [0.25, 0.3) is 44.5 Å². The number of hydrogen-bond donors (Lipinski definition) is 0. The summed E-state index contributed by atoms with van der Waals surface area (Å²) in [4.78, 5) is 9.50. The summed E-state index contributed by atoms with van der Waals surface area (Å²) in [6, 6.07) is 31.3. The zero-order valence-corrected chi connectivity index (χ0v) is 19.1. The van der Waals surface area contributed by atoms with Crippen molar-refractivity contribution in [3.05, 3.63) is 106 Å². The number of rotatable bonds is 3. The molecule has 2 heterocycles. The van der Waals surface area contributed by atoms with Gasteiger partial charge in [-0.2, -0.15) is 0 Å². The molecule has 0 aliphatic carbocycles. The van der Waals surface area contributed by atoms with Gasteiger partial charge in [-0.1, -0.05) is 68.3 Å². The number of pyridine rings is 2. The van der Waals surface area contributed by atoms with Crippen molar-refractivity contribution in [3.63, 3.8) is 0 Å². The van der Waals surface area contributed by atoms with Crippen LogP contribution in [0.5, 0.6) is 0 Å². The number of fused-ring (bicyclic) bond motifs is 1. The van der Waals surface area contributed by atoms with Gasteiger partial charge in [-0.3, -0.25) is 4.98 Å². The molecule has 0 fully saturated rings. The molecule has 144 valence electrons. The molecule has 0 amide bonds. The minimum absolute atomic E-state index is 0.863. The van der Waals surface area contributed by atoms with Crippen LogP contribution in [-0.2, 0) is 0 Å². The predicted octanol–water partition coefficient (Wildman–Crippen LogP) is 8.16. The zero-order valence-electron chi connectivity index (χ0n) is 15.9. The Kier molecular flexibility index (Phi) is 5.19. The minimum Gasteiger partial charge on any atom is -0.255 e. The van der Waals surface area contributed by atoms with Crippen LogP contribution >= 0.6 is 31.9 Å². The standard InChI is InChI=1S/C26H16Br2N2/c27-21-9-6-17(7-10-21)26-23(12-13-25(30-26)24-3-1-2-14-29-24)20-5-4-19-16-22(28)11-8-18(19)15-20/h1-16H. The molecular weight excluding hydrogens is 500 g/mol. The average Bonchev–Trinajstić information content (AvgIpc) is 2.79. The Balaban J connectivity index is 1.71. The largest absolute Gasteiger partial charge is 0.255 e. The van der Waals surface area contributed by atoms with Gasteiger partial charge in [0.05, 0.1) is 17.1 Å². The molecule has 3 aromatic carbocycles. The maximum atomic E-state index is 5.03. The van der Waals surface area contributed by atoms with Crippen molar-refractivity contribution >= 4 is 42.6 Å². The van der Waals surface area contributed by atoms with Crippen molar-refractivity contribution in [1.82, 2.24) is 9.97 Å². The number of halogens is 2. The molecule has 0 spiro atoms. The summed E-state index contributed by atoms with van der Waals surface area (Å²) < 4.78 is 2.13. The summed E-state index contributed by atoms with van der Waals surface area (Å²) in [5.74, 6) is 0. The highest BCUT2D eigenvalue weighted by Crippen LogP contribution is 2.35. The third-order valence-electron chi connectivity index (χ3n) is 5.05. The lowest BCUT2D eigenvalue weighted by Gasteiger charge is -2.13. The number of hydrogen-bond acceptors (Lipinski definition) is 2. The first-order valence-electron chi connectivity index (χ1n) is 9.55. The molecule has 0 bridgehead atoms. The summed E-state index contributed by atoms with van der Waals surface area (Å²) in [5.41, 5.74) is 5.99. The SMILES string of the molecule is Brc1ccc(-c2nc(-c3ccccn3)ccc2-c2ccc3cc(Br)ccc3c2)cc1. The molecule has 0 radical (unpaired) electrons. The lowest BCUT2D eigenvalue weighted by atomic mass is 9.96. The van der Waals surface area contributed by atoms with Crippen LogP contribution < -0.4 is 0 Å². The van der Waals surface area contributed by atoms with E-state index < -0.39 is 0 Å². The number of benzene rings is 3. The van der Waals surface area contributed by atoms with Gasteiger partial charge in [0.15, 0.2) is 0 Å². The van der Waals surface area contributed by atoms with Crippen molar-refractivity contribution in [2.75, 3.05) is 0 Å². The number of nitrogens with zero attached hydrogens (tertiary/aromatic N) is 2. The number of aromatic nitrogens is 2. The van der Waals surface area contributed by atoms with Gasteiger partial charge in [-0.05, 0) is 70.9 Å². The van der Waals surface area contributed by atoms with Crippen molar-refractivity contribution in [2.24, 2.45) is 0 Å². The molecule has 0 N–H and O–H groups in total. The summed E-state index contributed by atoms with van der Waals surface area (Å²) in [7, 11) is 0. The van der Waals surface area contributed by atoms with E-state index >= 15 is 0 Å². The highest BCUT2D eigenvalue weighted by Gasteiger charge is 2.13. The van der Waals surface area contributed by atoms with Crippen molar-refractivity contribution in [3.8, 4) is 33.8 Å². The molecular formula is C26H16Br2N2. The minimum atomic E-state index is 0.863. The second-order valence-corrected chi connectivity index (χ2v) is 8.85. The lowest BCUT2D eigenvalue weighted by Crippen LogP contribution is -1.94. The predicted molar refractivity (Wildman–Crippen MR) is 131 cm³/mol. The van der Waals surface area contributed by atoms with Crippen LogP contribution in [0.15, 0.2) is 106 Å². The summed E-state index contributed by atoms with van der Waals surface area (Å²) in [5, 5.41) is 2.41. The van der Waals surface area contributed by atoms with Gasteiger partial charge in [0.2, 0.25) is 0 Å². The molecule has 2 nitrogen and oxygen atoms in total. The van der Waals surface area contributed by atoms with E-state index in [9.17, 15) is 0 Å².